The van der Waals surface area contributed by atoms with Gasteiger partial charge in [-0.05, 0) is 19.1 Å². The molecule has 3 nitrogen and oxygen atoms in total. The van der Waals surface area contributed by atoms with Crippen molar-refractivity contribution in [1.82, 2.24) is 0 Å². The number of carbonyl (C=O) groups is 1. The van der Waals surface area contributed by atoms with E-state index in [0.717, 1.165) is 0 Å². The number of nitrogens with two attached hydrogens (primary N) is 1. The van der Waals surface area contributed by atoms with E-state index in [-0.39, 0.29) is 12.7 Å². The van der Waals surface area contributed by atoms with Crippen molar-refractivity contribution < 1.29 is 27.1 Å². The van der Waals surface area contributed by atoms with Crippen LogP contribution in [-0.2, 0) is 10.9 Å². The molecule has 0 aliphatic carbocycles. The van der Waals surface area contributed by atoms with Crippen molar-refractivity contribution in [3.8, 4) is 0 Å². The van der Waals surface area contributed by atoms with E-state index >= 15 is 0 Å². The van der Waals surface area contributed by atoms with Crippen molar-refractivity contribution in [1.29, 1.82) is 0 Å². The number of carbonyl (C=O) groups excluding carboxylic acids is 1. The van der Waals surface area contributed by atoms with Crippen LogP contribution in [0.25, 0.3) is 0 Å². The van der Waals surface area contributed by atoms with Crippen molar-refractivity contribution in [3.05, 3.63) is 29.1 Å². The minimum atomic E-state index is -4.72. The Bertz CT molecular complexity index is 419. The zero-order valence-corrected chi connectivity index (χ0v) is 8.77. The number of alkyl halides is 3. The molecule has 0 atom stereocenters. The molecule has 0 aliphatic rings. The molecular formula is C10H9F4NO2. The van der Waals surface area contributed by atoms with Gasteiger partial charge < -0.3 is 10.5 Å². The maximum absolute atomic E-state index is 13.3. The molecule has 1 rings (SSSR count). The maximum atomic E-state index is 13.3. The molecule has 0 bridgehead atoms. The predicted molar refractivity (Wildman–Crippen MR) is 51.8 cm³/mol. The molecule has 17 heavy (non-hydrogen) atoms. The lowest BCUT2D eigenvalue weighted by molar-refractivity contribution is -0.137. The molecule has 0 radical (unpaired) electrons. The summed E-state index contributed by atoms with van der Waals surface area (Å²) in [5.74, 6) is -2.44. The summed E-state index contributed by atoms with van der Waals surface area (Å²) in [6, 6.07) is 0.706. The molecule has 0 unspecified atom stereocenters. The highest BCUT2D eigenvalue weighted by Gasteiger charge is 2.33. The molecular weight excluding hydrogens is 242 g/mol. The number of hydrogen-bond donors (Lipinski definition) is 1. The van der Waals surface area contributed by atoms with Gasteiger partial charge >= 0.3 is 12.1 Å². The topological polar surface area (TPSA) is 52.3 Å². The van der Waals surface area contributed by atoms with Crippen LogP contribution in [-0.4, -0.2) is 12.6 Å². The Kier molecular flexibility index (Phi) is 3.59. The largest absolute Gasteiger partial charge is 0.462 e. The van der Waals surface area contributed by atoms with Crippen LogP contribution in [0.2, 0.25) is 0 Å². The second-order valence-corrected chi connectivity index (χ2v) is 3.14. The first kappa shape index (κ1) is 13.3. The molecule has 7 heteroatoms. The first-order chi connectivity index (χ1) is 7.77. The van der Waals surface area contributed by atoms with Gasteiger partial charge in [-0.15, -0.1) is 0 Å². The van der Waals surface area contributed by atoms with Crippen molar-refractivity contribution in [2.75, 3.05) is 12.3 Å². The standard InChI is InChI=1S/C10H9F4NO2/c1-2-17-9(16)8-6(11)3-5(4-7(8)15)10(12,13)14/h3-4H,2,15H2,1H3. The molecule has 1 aromatic rings. The van der Waals surface area contributed by atoms with Crippen molar-refractivity contribution in [3.63, 3.8) is 0 Å². The normalized spacial score (nSPS) is 11.4. The van der Waals surface area contributed by atoms with Crippen LogP contribution >= 0.6 is 0 Å². The predicted octanol–water partition coefficient (Wildman–Crippen LogP) is 2.60. The average molecular weight is 251 g/mol. The molecule has 94 valence electrons. The number of nitrogen functional groups attached to an aromatic ring is 1. The van der Waals surface area contributed by atoms with Gasteiger partial charge in [0.25, 0.3) is 0 Å². The van der Waals surface area contributed by atoms with Crippen LogP contribution in [0.1, 0.15) is 22.8 Å². The average Bonchev–Trinajstić information content (AvgIpc) is 2.15. The van der Waals surface area contributed by atoms with E-state index in [1.54, 1.807) is 0 Å². The van der Waals surface area contributed by atoms with E-state index in [0.29, 0.717) is 6.07 Å². The first-order valence-corrected chi connectivity index (χ1v) is 4.60. The number of ether oxygens (including phenoxy) is 1. The highest BCUT2D eigenvalue weighted by molar-refractivity contribution is 5.95. The number of esters is 1. The molecule has 0 heterocycles. The lowest BCUT2D eigenvalue weighted by Crippen LogP contribution is -2.14. The van der Waals surface area contributed by atoms with E-state index in [9.17, 15) is 22.4 Å². The summed E-state index contributed by atoms with van der Waals surface area (Å²) in [5.41, 5.74) is 2.68. The maximum Gasteiger partial charge on any atom is 0.416 e. The summed E-state index contributed by atoms with van der Waals surface area (Å²) in [6.45, 7) is 1.45. The Labute approximate surface area is 94.2 Å². The summed E-state index contributed by atoms with van der Waals surface area (Å²) < 4.78 is 54.7. The summed E-state index contributed by atoms with van der Waals surface area (Å²) in [4.78, 5) is 11.2. The molecule has 0 amide bonds. The highest BCUT2D eigenvalue weighted by Crippen LogP contribution is 2.32. The molecule has 0 aromatic heterocycles. The molecule has 2 N–H and O–H groups in total. The van der Waals surface area contributed by atoms with Gasteiger partial charge in [0.15, 0.2) is 0 Å². The number of benzene rings is 1. The Morgan fingerprint density at radius 1 is 1.41 bits per heavy atom. The van der Waals surface area contributed by atoms with E-state index in [1.807, 2.05) is 0 Å². The van der Waals surface area contributed by atoms with Gasteiger partial charge in [0, 0.05) is 5.69 Å². The van der Waals surface area contributed by atoms with Gasteiger partial charge in [-0.3, -0.25) is 0 Å². The lowest BCUT2D eigenvalue weighted by atomic mass is 10.1. The SMILES string of the molecule is CCOC(=O)c1c(N)cc(C(F)(F)F)cc1F. The lowest BCUT2D eigenvalue weighted by Gasteiger charge is -2.11. The van der Waals surface area contributed by atoms with E-state index in [4.69, 9.17) is 5.73 Å². The van der Waals surface area contributed by atoms with Crippen LogP contribution in [0.15, 0.2) is 12.1 Å². The summed E-state index contributed by atoms with van der Waals surface area (Å²) in [6.07, 6.45) is -4.72. The summed E-state index contributed by atoms with van der Waals surface area (Å²) in [7, 11) is 0. The zero-order valence-electron chi connectivity index (χ0n) is 8.77. The third-order valence-corrected chi connectivity index (χ3v) is 1.93. The van der Waals surface area contributed by atoms with Crippen molar-refractivity contribution >= 4 is 11.7 Å². The third-order valence-electron chi connectivity index (χ3n) is 1.93. The van der Waals surface area contributed by atoms with Gasteiger partial charge in [0.1, 0.15) is 11.4 Å². The Morgan fingerprint density at radius 2 is 2.00 bits per heavy atom. The fourth-order valence-electron chi connectivity index (χ4n) is 1.21. The van der Waals surface area contributed by atoms with Gasteiger partial charge in [-0.2, -0.15) is 13.2 Å². The van der Waals surface area contributed by atoms with E-state index < -0.39 is 34.8 Å². The first-order valence-electron chi connectivity index (χ1n) is 4.60. The summed E-state index contributed by atoms with van der Waals surface area (Å²) in [5, 5.41) is 0. The fraction of sp³-hybridized carbons (Fsp3) is 0.300. The number of hydrogen-bond acceptors (Lipinski definition) is 3. The molecule has 0 fully saturated rings. The van der Waals surface area contributed by atoms with Gasteiger partial charge in [0.05, 0.1) is 12.2 Å². The second-order valence-electron chi connectivity index (χ2n) is 3.14. The van der Waals surface area contributed by atoms with Crippen LogP contribution in [0, 0.1) is 5.82 Å². The fourth-order valence-corrected chi connectivity index (χ4v) is 1.21. The smallest absolute Gasteiger partial charge is 0.416 e. The third kappa shape index (κ3) is 2.86. The zero-order chi connectivity index (χ0) is 13.2. The molecule has 1 aromatic carbocycles. The van der Waals surface area contributed by atoms with Crippen LogP contribution in [0.5, 0.6) is 0 Å². The minimum absolute atomic E-state index is 0.0290. The molecule has 0 spiro atoms. The monoisotopic (exact) mass is 251 g/mol. The molecule has 0 aliphatic heterocycles. The summed E-state index contributed by atoms with van der Waals surface area (Å²) >= 11 is 0. The molecule has 0 saturated carbocycles. The number of rotatable bonds is 2. The second kappa shape index (κ2) is 4.60. The van der Waals surface area contributed by atoms with Crippen molar-refractivity contribution in [2.24, 2.45) is 0 Å². The van der Waals surface area contributed by atoms with Crippen LogP contribution in [0.3, 0.4) is 0 Å². The van der Waals surface area contributed by atoms with Crippen LogP contribution in [0.4, 0.5) is 23.2 Å². The molecule has 0 saturated heterocycles. The van der Waals surface area contributed by atoms with Gasteiger partial charge in [-0.1, -0.05) is 0 Å². The van der Waals surface area contributed by atoms with E-state index in [2.05, 4.69) is 4.74 Å². The quantitative estimate of drug-likeness (QED) is 0.499. The Balaban J connectivity index is 3.25. The highest BCUT2D eigenvalue weighted by atomic mass is 19.4. The Morgan fingerprint density at radius 3 is 2.41 bits per heavy atom. The number of halogens is 4. The minimum Gasteiger partial charge on any atom is -0.462 e. The van der Waals surface area contributed by atoms with Crippen molar-refractivity contribution in [2.45, 2.75) is 13.1 Å². The van der Waals surface area contributed by atoms with Crippen LogP contribution < -0.4 is 5.73 Å². The Hall–Kier alpha value is -1.79. The van der Waals surface area contributed by atoms with Gasteiger partial charge in [0.2, 0.25) is 0 Å². The van der Waals surface area contributed by atoms with E-state index in [1.165, 1.54) is 6.92 Å². The van der Waals surface area contributed by atoms with Gasteiger partial charge in [-0.25, -0.2) is 9.18 Å². The number of anilines is 1.